The van der Waals surface area contributed by atoms with Gasteiger partial charge in [-0.05, 0) is 30.9 Å². The van der Waals surface area contributed by atoms with Gasteiger partial charge in [0.05, 0.1) is 17.6 Å². The number of carbonyl (C=O) groups is 1. The molecule has 0 aliphatic heterocycles. The van der Waals surface area contributed by atoms with E-state index in [-0.39, 0.29) is 18.9 Å². The highest BCUT2D eigenvalue weighted by Crippen LogP contribution is 2.29. The number of hydrogen-bond donors (Lipinski definition) is 2. The summed E-state index contributed by atoms with van der Waals surface area (Å²) in [7, 11) is 0. The van der Waals surface area contributed by atoms with Crippen LogP contribution < -0.4 is 5.32 Å². The van der Waals surface area contributed by atoms with Gasteiger partial charge >= 0.3 is 6.18 Å². The van der Waals surface area contributed by atoms with Crippen molar-refractivity contribution < 1.29 is 23.1 Å². The number of carbonyl (C=O) groups excluding carboxylic acids is 1. The largest absolute Gasteiger partial charge is 0.416 e. The molecule has 1 atom stereocenters. The van der Waals surface area contributed by atoms with Gasteiger partial charge in [0, 0.05) is 12.3 Å². The Bertz CT molecular complexity index is 472. The lowest BCUT2D eigenvalue weighted by molar-refractivity contribution is -0.137. The van der Waals surface area contributed by atoms with Crippen LogP contribution in [0.25, 0.3) is 0 Å². The van der Waals surface area contributed by atoms with Gasteiger partial charge in [0.2, 0.25) is 5.91 Å². The molecule has 0 spiro atoms. The summed E-state index contributed by atoms with van der Waals surface area (Å²) in [4.78, 5) is 11.7. The molecule has 0 bridgehead atoms. The van der Waals surface area contributed by atoms with Crippen LogP contribution in [-0.2, 0) is 17.4 Å². The van der Waals surface area contributed by atoms with E-state index in [1.54, 1.807) is 6.92 Å². The zero-order chi connectivity index (χ0) is 16.1. The van der Waals surface area contributed by atoms with Crippen LogP contribution in [0.2, 0.25) is 0 Å². The molecule has 3 nitrogen and oxygen atoms in total. The second kappa shape index (κ2) is 7.17. The van der Waals surface area contributed by atoms with Crippen molar-refractivity contribution in [2.24, 2.45) is 0 Å². The van der Waals surface area contributed by atoms with Gasteiger partial charge in [-0.1, -0.05) is 12.1 Å². The van der Waals surface area contributed by atoms with Gasteiger partial charge in [-0.3, -0.25) is 4.79 Å². The topological polar surface area (TPSA) is 49.3 Å². The lowest BCUT2D eigenvalue weighted by Crippen LogP contribution is -2.42. The van der Waals surface area contributed by atoms with Crippen molar-refractivity contribution in [2.75, 3.05) is 18.6 Å². The molecule has 0 aromatic heterocycles. The first kappa shape index (κ1) is 17.8. The quantitative estimate of drug-likeness (QED) is 0.846. The van der Waals surface area contributed by atoms with E-state index in [0.717, 1.165) is 12.1 Å². The average molecular weight is 321 g/mol. The number of rotatable bonds is 6. The van der Waals surface area contributed by atoms with Crippen LogP contribution in [0.5, 0.6) is 0 Å². The predicted octanol–water partition coefficient (Wildman–Crippen LogP) is 2.48. The highest BCUT2D eigenvalue weighted by Gasteiger charge is 2.30. The molecular weight excluding hydrogens is 303 g/mol. The number of amides is 1. The smallest absolute Gasteiger partial charge is 0.387 e. The molecule has 0 radical (unpaired) electrons. The average Bonchev–Trinajstić information content (AvgIpc) is 2.36. The van der Waals surface area contributed by atoms with Crippen molar-refractivity contribution in [2.45, 2.75) is 25.1 Å². The van der Waals surface area contributed by atoms with Crippen molar-refractivity contribution in [3.05, 3.63) is 35.4 Å². The minimum absolute atomic E-state index is 0.0204. The zero-order valence-corrected chi connectivity index (χ0v) is 12.6. The summed E-state index contributed by atoms with van der Waals surface area (Å²) >= 11 is 1.46. The molecule has 21 heavy (non-hydrogen) atoms. The molecule has 0 saturated carbocycles. The molecule has 0 saturated heterocycles. The Morgan fingerprint density at radius 1 is 1.29 bits per heavy atom. The lowest BCUT2D eigenvalue weighted by atomic mass is 10.1. The lowest BCUT2D eigenvalue weighted by Gasteiger charge is -2.22. The molecule has 1 aromatic rings. The second-order valence-corrected chi connectivity index (χ2v) is 5.94. The predicted molar refractivity (Wildman–Crippen MR) is 77.2 cm³/mol. The Morgan fingerprint density at radius 2 is 1.86 bits per heavy atom. The molecule has 1 unspecified atom stereocenters. The molecule has 1 rings (SSSR count). The fourth-order valence-corrected chi connectivity index (χ4v) is 2.43. The number of thioether (sulfide) groups is 1. The van der Waals surface area contributed by atoms with Crippen molar-refractivity contribution in [3.63, 3.8) is 0 Å². The van der Waals surface area contributed by atoms with E-state index in [2.05, 4.69) is 5.32 Å². The molecule has 0 aliphatic carbocycles. The van der Waals surface area contributed by atoms with Gasteiger partial charge in [0.1, 0.15) is 0 Å². The zero-order valence-electron chi connectivity index (χ0n) is 11.8. The molecule has 0 heterocycles. The first-order valence-corrected chi connectivity index (χ1v) is 7.67. The number of aliphatic hydroxyl groups is 1. The van der Waals surface area contributed by atoms with E-state index < -0.39 is 17.3 Å². The van der Waals surface area contributed by atoms with Crippen LogP contribution in [0.1, 0.15) is 18.1 Å². The first-order chi connectivity index (χ1) is 9.64. The third-order valence-electron chi connectivity index (χ3n) is 2.77. The summed E-state index contributed by atoms with van der Waals surface area (Å²) in [5.41, 5.74) is -1.26. The van der Waals surface area contributed by atoms with Crippen molar-refractivity contribution >= 4 is 17.7 Å². The summed E-state index contributed by atoms with van der Waals surface area (Å²) < 4.78 is 37.2. The van der Waals surface area contributed by atoms with E-state index >= 15 is 0 Å². The summed E-state index contributed by atoms with van der Waals surface area (Å²) in [6.45, 7) is 1.72. The number of hydrogen-bond acceptors (Lipinski definition) is 3. The Labute approximate surface area is 125 Å². The maximum atomic E-state index is 12.4. The molecule has 1 aromatic carbocycles. The summed E-state index contributed by atoms with van der Waals surface area (Å²) in [5.74, 6) is 0.143. The normalized spacial score (nSPS) is 14.6. The SMILES string of the molecule is CSCC(C)(O)CNC(=O)Cc1ccc(C(F)(F)F)cc1. The van der Waals surface area contributed by atoms with Crippen LogP contribution in [0.4, 0.5) is 13.2 Å². The molecule has 2 N–H and O–H groups in total. The standard InChI is InChI=1S/C14H18F3NO2S/c1-13(20,9-21-2)8-18-12(19)7-10-3-5-11(6-4-10)14(15,16)17/h3-6,20H,7-9H2,1-2H3,(H,18,19). The molecular formula is C14H18F3NO2S. The van der Waals surface area contributed by atoms with Crippen molar-refractivity contribution in [3.8, 4) is 0 Å². The van der Waals surface area contributed by atoms with Gasteiger partial charge < -0.3 is 10.4 Å². The monoisotopic (exact) mass is 321 g/mol. The number of halogens is 3. The summed E-state index contributed by atoms with van der Waals surface area (Å²) in [5, 5.41) is 12.5. The van der Waals surface area contributed by atoms with Crippen molar-refractivity contribution in [1.82, 2.24) is 5.32 Å². The van der Waals surface area contributed by atoms with Crippen LogP contribution in [0.3, 0.4) is 0 Å². The highest BCUT2D eigenvalue weighted by molar-refractivity contribution is 7.98. The van der Waals surface area contributed by atoms with Gasteiger partial charge in [-0.2, -0.15) is 24.9 Å². The van der Waals surface area contributed by atoms with Gasteiger partial charge in [-0.25, -0.2) is 0 Å². The van der Waals surface area contributed by atoms with Crippen LogP contribution in [0.15, 0.2) is 24.3 Å². The number of nitrogens with one attached hydrogen (secondary N) is 1. The van der Waals surface area contributed by atoms with E-state index in [1.165, 1.54) is 23.9 Å². The van der Waals surface area contributed by atoms with E-state index in [9.17, 15) is 23.1 Å². The van der Waals surface area contributed by atoms with E-state index in [4.69, 9.17) is 0 Å². The first-order valence-electron chi connectivity index (χ1n) is 6.28. The Morgan fingerprint density at radius 3 is 2.33 bits per heavy atom. The molecule has 0 aliphatic rings. The Balaban J connectivity index is 2.52. The van der Waals surface area contributed by atoms with E-state index in [0.29, 0.717) is 11.3 Å². The fraction of sp³-hybridized carbons (Fsp3) is 0.500. The van der Waals surface area contributed by atoms with Crippen molar-refractivity contribution in [1.29, 1.82) is 0 Å². The maximum Gasteiger partial charge on any atom is 0.416 e. The maximum absolute atomic E-state index is 12.4. The van der Waals surface area contributed by atoms with Gasteiger partial charge in [0.15, 0.2) is 0 Å². The minimum atomic E-state index is -4.38. The Kier molecular flexibility index (Phi) is 6.10. The van der Waals surface area contributed by atoms with Gasteiger partial charge in [0.25, 0.3) is 0 Å². The summed E-state index contributed by atoms with van der Waals surface area (Å²) in [6.07, 6.45) is -2.55. The van der Waals surface area contributed by atoms with E-state index in [1.807, 2.05) is 6.26 Å². The molecule has 0 fully saturated rings. The van der Waals surface area contributed by atoms with Crippen LogP contribution in [-0.4, -0.2) is 35.2 Å². The van der Waals surface area contributed by atoms with Crippen LogP contribution >= 0.6 is 11.8 Å². The van der Waals surface area contributed by atoms with Crippen LogP contribution in [0, 0.1) is 0 Å². The number of alkyl halides is 3. The Hall–Kier alpha value is -1.21. The minimum Gasteiger partial charge on any atom is -0.387 e. The number of benzene rings is 1. The highest BCUT2D eigenvalue weighted by atomic mass is 32.2. The second-order valence-electron chi connectivity index (χ2n) is 5.08. The third-order valence-corrected chi connectivity index (χ3v) is 3.68. The third kappa shape index (κ3) is 6.39. The molecule has 7 heteroatoms. The molecule has 118 valence electrons. The fourth-order valence-electron chi connectivity index (χ4n) is 1.71. The van der Waals surface area contributed by atoms with Gasteiger partial charge in [-0.15, -0.1) is 0 Å². The summed E-state index contributed by atoms with van der Waals surface area (Å²) in [6, 6.07) is 4.46. The molecule has 1 amide bonds.